The van der Waals surface area contributed by atoms with Gasteiger partial charge >= 0.3 is 6.61 Å². The van der Waals surface area contributed by atoms with Crippen molar-refractivity contribution in [1.82, 2.24) is 0 Å². The first-order valence-corrected chi connectivity index (χ1v) is 5.30. The smallest absolute Gasteiger partial charge is 0.387 e. The average molecular weight is 248 g/mol. The lowest BCUT2D eigenvalue weighted by molar-refractivity contribution is -0.0494. The highest BCUT2D eigenvalue weighted by Gasteiger charge is 2.10. The molecule has 0 radical (unpaired) electrons. The van der Waals surface area contributed by atoms with E-state index in [0.29, 0.717) is 23.0 Å². The summed E-state index contributed by atoms with van der Waals surface area (Å²) in [6.45, 7) is -2.87. The first kappa shape index (κ1) is 12.2. The molecule has 0 saturated heterocycles. The number of halogens is 2. The zero-order chi connectivity index (χ0) is 13.0. The van der Waals surface area contributed by atoms with Gasteiger partial charge in [-0.25, -0.2) is 0 Å². The second-order valence-electron chi connectivity index (χ2n) is 3.62. The molecule has 0 N–H and O–H groups in total. The number of ether oxygens (including phenoxy) is 1. The van der Waals surface area contributed by atoms with Crippen molar-refractivity contribution in [3.05, 3.63) is 54.1 Å². The van der Waals surface area contributed by atoms with Crippen LogP contribution in [0.2, 0.25) is 0 Å². The van der Waals surface area contributed by atoms with Crippen LogP contribution in [0.15, 0.2) is 48.5 Å². The maximum absolute atomic E-state index is 12.3. The monoisotopic (exact) mass is 248 g/mol. The quantitative estimate of drug-likeness (QED) is 0.770. The molecule has 0 saturated carbocycles. The van der Waals surface area contributed by atoms with Crippen molar-refractivity contribution in [1.29, 1.82) is 0 Å². The summed E-state index contributed by atoms with van der Waals surface area (Å²) in [6.07, 6.45) is 0.708. The van der Waals surface area contributed by atoms with Crippen LogP contribution >= 0.6 is 0 Å². The fourth-order valence-electron chi connectivity index (χ4n) is 1.68. The van der Waals surface area contributed by atoms with Gasteiger partial charge in [-0.3, -0.25) is 4.79 Å². The minimum atomic E-state index is -2.87. The number of alkyl halides is 2. The van der Waals surface area contributed by atoms with Crippen LogP contribution in [0.1, 0.15) is 10.4 Å². The third-order valence-corrected chi connectivity index (χ3v) is 2.44. The molecule has 18 heavy (non-hydrogen) atoms. The van der Waals surface area contributed by atoms with E-state index in [0.717, 1.165) is 0 Å². The van der Waals surface area contributed by atoms with Crippen LogP contribution in [0.25, 0.3) is 11.1 Å². The third kappa shape index (κ3) is 2.71. The number of benzene rings is 2. The number of carbonyl (C=O) groups is 1. The molecular weight excluding hydrogens is 238 g/mol. The van der Waals surface area contributed by atoms with Crippen molar-refractivity contribution >= 4 is 6.29 Å². The molecule has 0 aliphatic carbocycles. The number of hydrogen-bond donors (Lipinski definition) is 0. The summed E-state index contributed by atoms with van der Waals surface area (Å²) in [5.41, 5.74) is 1.68. The molecule has 0 aromatic heterocycles. The molecule has 92 valence electrons. The lowest BCUT2D eigenvalue weighted by atomic mass is 10.0. The van der Waals surface area contributed by atoms with Gasteiger partial charge in [0.05, 0.1) is 0 Å². The van der Waals surface area contributed by atoms with Crippen LogP contribution < -0.4 is 4.74 Å². The van der Waals surface area contributed by atoms with E-state index in [2.05, 4.69) is 4.74 Å². The Kier molecular flexibility index (Phi) is 3.67. The molecule has 0 aliphatic heterocycles. The summed E-state index contributed by atoms with van der Waals surface area (Å²) in [7, 11) is 0. The SMILES string of the molecule is O=Cc1cccc(-c2ccccc2OC(F)F)c1. The van der Waals surface area contributed by atoms with Gasteiger partial charge in [0.1, 0.15) is 12.0 Å². The van der Waals surface area contributed by atoms with Gasteiger partial charge in [-0.2, -0.15) is 8.78 Å². The number of para-hydroxylation sites is 1. The molecule has 2 rings (SSSR count). The zero-order valence-corrected chi connectivity index (χ0v) is 9.35. The molecule has 0 bridgehead atoms. The van der Waals surface area contributed by atoms with Crippen molar-refractivity contribution in [2.24, 2.45) is 0 Å². The van der Waals surface area contributed by atoms with Crippen molar-refractivity contribution in [2.75, 3.05) is 0 Å². The van der Waals surface area contributed by atoms with Gasteiger partial charge in [0.25, 0.3) is 0 Å². The van der Waals surface area contributed by atoms with E-state index in [-0.39, 0.29) is 5.75 Å². The van der Waals surface area contributed by atoms with E-state index in [1.54, 1.807) is 42.5 Å². The molecule has 2 nitrogen and oxygen atoms in total. The Morgan fingerprint density at radius 2 is 1.83 bits per heavy atom. The molecule has 0 heterocycles. The highest BCUT2D eigenvalue weighted by atomic mass is 19.3. The Labute approximate surface area is 103 Å². The molecule has 2 aromatic carbocycles. The number of rotatable bonds is 4. The van der Waals surface area contributed by atoms with Crippen LogP contribution in [0, 0.1) is 0 Å². The zero-order valence-electron chi connectivity index (χ0n) is 9.35. The van der Waals surface area contributed by atoms with E-state index in [4.69, 9.17) is 0 Å². The van der Waals surface area contributed by atoms with E-state index in [1.165, 1.54) is 6.07 Å². The molecule has 0 unspecified atom stereocenters. The summed E-state index contributed by atoms with van der Waals surface area (Å²) < 4.78 is 29.0. The third-order valence-electron chi connectivity index (χ3n) is 2.44. The average Bonchev–Trinajstić information content (AvgIpc) is 2.39. The van der Waals surface area contributed by atoms with Crippen LogP contribution in [0.3, 0.4) is 0 Å². The van der Waals surface area contributed by atoms with Crippen molar-refractivity contribution in [2.45, 2.75) is 6.61 Å². The predicted molar refractivity (Wildman–Crippen MR) is 63.9 cm³/mol. The second-order valence-corrected chi connectivity index (χ2v) is 3.62. The fraction of sp³-hybridized carbons (Fsp3) is 0.0714. The van der Waals surface area contributed by atoms with Crippen LogP contribution in [-0.2, 0) is 0 Å². The molecule has 0 spiro atoms. The Hall–Kier alpha value is -2.23. The first-order chi connectivity index (χ1) is 8.70. The summed E-state index contributed by atoms with van der Waals surface area (Å²) in [6, 6.07) is 13.2. The summed E-state index contributed by atoms with van der Waals surface area (Å²) >= 11 is 0. The minimum Gasteiger partial charge on any atom is -0.434 e. The molecule has 0 fully saturated rings. The summed E-state index contributed by atoms with van der Waals surface area (Å²) in [5.74, 6) is 0.0931. The van der Waals surface area contributed by atoms with E-state index < -0.39 is 6.61 Å². The Morgan fingerprint density at radius 3 is 2.56 bits per heavy atom. The fourth-order valence-corrected chi connectivity index (χ4v) is 1.68. The van der Waals surface area contributed by atoms with Gasteiger partial charge in [0, 0.05) is 11.1 Å². The lowest BCUT2D eigenvalue weighted by Crippen LogP contribution is -2.03. The highest BCUT2D eigenvalue weighted by molar-refractivity contribution is 5.80. The minimum absolute atomic E-state index is 0.0931. The standard InChI is InChI=1S/C14H10F2O2/c15-14(16)18-13-7-2-1-6-12(13)11-5-3-4-10(8-11)9-17/h1-9,14H. The Morgan fingerprint density at radius 1 is 1.06 bits per heavy atom. The first-order valence-electron chi connectivity index (χ1n) is 5.30. The topological polar surface area (TPSA) is 26.3 Å². The number of hydrogen-bond acceptors (Lipinski definition) is 2. The van der Waals surface area contributed by atoms with Crippen molar-refractivity contribution in [3.63, 3.8) is 0 Å². The largest absolute Gasteiger partial charge is 0.434 e. The molecule has 0 amide bonds. The van der Waals surface area contributed by atoms with Crippen LogP contribution in [0.5, 0.6) is 5.75 Å². The lowest BCUT2D eigenvalue weighted by Gasteiger charge is -2.10. The predicted octanol–water partition coefficient (Wildman–Crippen LogP) is 3.77. The molecular formula is C14H10F2O2. The number of aldehydes is 1. The molecule has 4 heteroatoms. The normalized spacial score (nSPS) is 10.4. The summed E-state index contributed by atoms with van der Waals surface area (Å²) in [5, 5.41) is 0. The Balaban J connectivity index is 2.45. The van der Waals surface area contributed by atoms with Gasteiger partial charge < -0.3 is 4.74 Å². The maximum atomic E-state index is 12.3. The van der Waals surface area contributed by atoms with Gasteiger partial charge in [0.2, 0.25) is 0 Å². The highest BCUT2D eigenvalue weighted by Crippen LogP contribution is 2.31. The van der Waals surface area contributed by atoms with E-state index in [1.807, 2.05) is 0 Å². The maximum Gasteiger partial charge on any atom is 0.387 e. The van der Waals surface area contributed by atoms with Gasteiger partial charge in [-0.15, -0.1) is 0 Å². The van der Waals surface area contributed by atoms with Crippen molar-refractivity contribution in [3.8, 4) is 16.9 Å². The molecule has 0 atom stereocenters. The van der Waals surface area contributed by atoms with E-state index in [9.17, 15) is 13.6 Å². The summed E-state index contributed by atoms with van der Waals surface area (Å²) in [4.78, 5) is 10.7. The molecule has 0 aliphatic rings. The van der Waals surface area contributed by atoms with Crippen LogP contribution in [0.4, 0.5) is 8.78 Å². The van der Waals surface area contributed by atoms with Gasteiger partial charge in [0.15, 0.2) is 0 Å². The van der Waals surface area contributed by atoms with Crippen molar-refractivity contribution < 1.29 is 18.3 Å². The van der Waals surface area contributed by atoms with Gasteiger partial charge in [-0.1, -0.05) is 36.4 Å². The van der Waals surface area contributed by atoms with Crippen LogP contribution in [-0.4, -0.2) is 12.9 Å². The number of carbonyl (C=O) groups excluding carboxylic acids is 1. The Bertz CT molecular complexity index is 553. The van der Waals surface area contributed by atoms with Gasteiger partial charge in [-0.05, 0) is 17.7 Å². The second kappa shape index (κ2) is 5.40. The molecule has 2 aromatic rings. The van der Waals surface area contributed by atoms with E-state index >= 15 is 0 Å².